The van der Waals surface area contributed by atoms with Gasteiger partial charge in [0.1, 0.15) is 60.4 Å². The predicted octanol–water partition coefficient (Wildman–Crippen LogP) is 7.89. The Bertz CT molecular complexity index is 2130. The first-order valence-electron chi connectivity index (χ1n) is 19.4. The van der Waals surface area contributed by atoms with Crippen molar-refractivity contribution >= 4 is 67.7 Å². The third kappa shape index (κ3) is 18.7. The van der Waals surface area contributed by atoms with E-state index in [1.807, 2.05) is 32.0 Å². The largest absolute Gasteiger partial charge is 0.508 e. The molecule has 0 radical (unpaired) electrons. The minimum Gasteiger partial charge on any atom is -0.480 e. The van der Waals surface area contributed by atoms with Crippen molar-refractivity contribution in [1.29, 1.82) is 0 Å². The molecule has 18 nitrogen and oxygen atoms in total. The summed E-state index contributed by atoms with van der Waals surface area (Å²) in [4.78, 5) is 62.2. The Morgan fingerprint density at radius 1 is 0.639 bits per heavy atom. The number of nitrogens with zero attached hydrogens (tertiary/aromatic N) is 4. The number of nitrogens with two attached hydrogens (primary N) is 1. The lowest BCUT2D eigenvalue weighted by Gasteiger charge is -2.22. The Kier molecular flexibility index (Phi) is 18.9. The summed E-state index contributed by atoms with van der Waals surface area (Å²) in [6, 6.07) is 11.0. The maximum absolute atomic E-state index is 11.6. The van der Waals surface area contributed by atoms with E-state index in [1.165, 1.54) is 13.8 Å². The molecule has 0 fully saturated rings. The Morgan fingerprint density at radius 2 is 1.05 bits per heavy atom. The minimum atomic E-state index is -1.15. The molecule has 0 saturated carbocycles. The molecule has 4 aromatic rings. The molecule has 0 aliphatic heterocycles. The van der Waals surface area contributed by atoms with Crippen LogP contribution in [0.4, 0.5) is 15.3 Å². The molecule has 0 aliphatic carbocycles. The number of rotatable bonds is 14. The number of carbonyl (C=O) groups excluding carboxylic acids is 2. The SMILES string of the molecule is CC(C)(N)C(=O)O.CCc1nc(OCCOC(=O)OC(C)(C)C)c2cc(Br)ccc2n1.CCc1nc(OCCOC(=O)OC(C)(C)C)c2cc(NC(C)(C)C(=O)O)ccc2n1. The second kappa shape index (κ2) is 22.3. The van der Waals surface area contributed by atoms with Crippen molar-refractivity contribution in [1.82, 2.24) is 19.9 Å². The lowest BCUT2D eigenvalue weighted by atomic mass is 10.1. The van der Waals surface area contributed by atoms with Gasteiger partial charge in [-0.05, 0) is 106 Å². The summed E-state index contributed by atoms with van der Waals surface area (Å²) in [7, 11) is 0. The molecule has 336 valence electrons. The van der Waals surface area contributed by atoms with Crippen LogP contribution < -0.4 is 20.5 Å². The van der Waals surface area contributed by atoms with Crippen LogP contribution in [0, 0.1) is 0 Å². The fourth-order valence-electron chi connectivity index (χ4n) is 4.38. The Morgan fingerprint density at radius 3 is 1.43 bits per heavy atom. The van der Waals surface area contributed by atoms with E-state index in [0.717, 1.165) is 15.4 Å². The molecule has 0 spiro atoms. The molecule has 2 aromatic carbocycles. The highest BCUT2D eigenvalue weighted by molar-refractivity contribution is 9.10. The highest BCUT2D eigenvalue weighted by Crippen LogP contribution is 2.28. The predicted molar refractivity (Wildman–Crippen MR) is 232 cm³/mol. The molecule has 0 saturated heterocycles. The minimum absolute atomic E-state index is 0.00808. The third-order valence-electron chi connectivity index (χ3n) is 7.41. The summed E-state index contributed by atoms with van der Waals surface area (Å²) in [5.41, 5.74) is 3.71. The topological polar surface area (TPSA) is 254 Å². The standard InChI is InChI=1S/C21H29N3O6.C17H21BrN2O4.C4H9NO2/c1-7-16-22-15-9-8-13(24-21(5,6)18(25)26)12-14(15)17(23-16)28-10-11-29-19(27)30-20(2,3)4;1-5-14-19-13-7-6-11(18)10-12(13)15(20-14)22-8-9-23-16(21)24-17(2,3)4;1-4(2,5)3(6)7/h8-9,12,24H,7,10-11H2,1-6H3,(H,25,26);6-7,10H,5,8-9H2,1-4H3;5H2,1-2H3,(H,6,7). The van der Waals surface area contributed by atoms with E-state index in [-0.39, 0.29) is 26.4 Å². The summed E-state index contributed by atoms with van der Waals surface area (Å²) in [6.45, 7) is 20.9. The maximum atomic E-state index is 11.6. The summed E-state index contributed by atoms with van der Waals surface area (Å²) in [5.74, 6) is 0.167. The molecule has 5 N–H and O–H groups in total. The second-order valence-corrected chi connectivity index (χ2v) is 17.3. The van der Waals surface area contributed by atoms with Crippen LogP contribution in [0.25, 0.3) is 21.8 Å². The molecular formula is C42H59BrN6O12. The second-order valence-electron chi connectivity index (χ2n) is 16.4. The van der Waals surface area contributed by atoms with Gasteiger partial charge in [-0.3, -0.25) is 4.79 Å². The number of hydrogen-bond acceptors (Lipinski definition) is 16. The van der Waals surface area contributed by atoms with E-state index in [0.29, 0.717) is 52.8 Å². The van der Waals surface area contributed by atoms with E-state index >= 15 is 0 Å². The van der Waals surface area contributed by atoms with Crippen molar-refractivity contribution < 1.29 is 57.8 Å². The van der Waals surface area contributed by atoms with Gasteiger partial charge in [-0.1, -0.05) is 29.8 Å². The van der Waals surface area contributed by atoms with Crippen LogP contribution in [0.3, 0.4) is 0 Å². The highest BCUT2D eigenvalue weighted by Gasteiger charge is 2.27. The van der Waals surface area contributed by atoms with Crippen LogP contribution in [0.2, 0.25) is 0 Å². The molecule has 19 heteroatoms. The molecular weight excluding hydrogens is 860 g/mol. The first-order chi connectivity index (χ1) is 28.1. The van der Waals surface area contributed by atoms with Gasteiger partial charge in [0.25, 0.3) is 0 Å². The molecule has 0 bridgehead atoms. The molecule has 0 amide bonds. The fourth-order valence-corrected chi connectivity index (χ4v) is 4.74. The van der Waals surface area contributed by atoms with Crippen molar-refractivity contribution in [2.24, 2.45) is 5.73 Å². The van der Waals surface area contributed by atoms with E-state index in [9.17, 15) is 24.3 Å². The first-order valence-corrected chi connectivity index (χ1v) is 20.2. The fraction of sp³-hybridized carbons (Fsp3) is 0.524. The van der Waals surface area contributed by atoms with Gasteiger partial charge < -0.3 is 49.7 Å². The number of carboxylic acids is 2. The van der Waals surface area contributed by atoms with Crippen LogP contribution in [0.15, 0.2) is 40.9 Å². The van der Waals surface area contributed by atoms with Crippen LogP contribution >= 0.6 is 15.9 Å². The Balaban J connectivity index is 0.000000369. The zero-order valence-electron chi connectivity index (χ0n) is 36.9. The van der Waals surface area contributed by atoms with Crippen LogP contribution in [0.5, 0.6) is 11.8 Å². The number of nitrogens with one attached hydrogen (secondary N) is 1. The van der Waals surface area contributed by atoms with Gasteiger partial charge in [0.15, 0.2) is 0 Å². The van der Waals surface area contributed by atoms with Crippen molar-refractivity contribution in [3.8, 4) is 11.8 Å². The maximum Gasteiger partial charge on any atom is 0.508 e. The average Bonchev–Trinajstić information content (AvgIpc) is 3.13. The first kappa shape index (κ1) is 51.6. The molecule has 61 heavy (non-hydrogen) atoms. The number of halogens is 1. The smallest absolute Gasteiger partial charge is 0.480 e. The van der Waals surface area contributed by atoms with Crippen molar-refractivity contribution in [3.63, 3.8) is 0 Å². The van der Waals surface area contributed by atoms with E-state index < -0.39 is 46.5 Å². The van der Waals surface area contributed by atoms with Crippen LogP contribution in [-0.4, -0.2) is 103 Å². The van der Waals surface area contributed by atoms with Gasteiger partial charge in [-0.25, -0.2) is 24.4 Å². The van der Waals surface area contributed by atoms with Gasteiger partial charge in [-0.2, -0.15) is 9.97 Å². The van der Waals surface area contributed by atoms with Gasteiger partial charge in [0, 0.05) is 23.0 Å². The number of carbonyl (C=O) groups is 4. The zero-order chi connectivity index (χ0) is 46.3. The molecule has 2 heterocycles. The van der Waals surface area contributed by atoms with E-state index in [1.54, 1.807) is 73.6 Å². The number of aliphatic carboxylic acids is 2. The van der Waals surface area contributed by atoms with Gasteiger partial charge in [-0.15, -0.1) is 0 Å². The number of benzene rings is 2. The number of ether oxygens (including phenoxy) is 6. The van der Waals surface area contributed by atoms with Gasteiger partial charge in [0.2, 0.25) is 11.8 Å². The molecule has 0 aliphatic rings. The van der Waals surface area contributed by atoms with Crippen molar-refractivity contribution in [2.45, 2.75) is 118 Å². The van der Waals surface area contributed by atoms with E-state index in [2.05, 4.69) is 41.2 Å². The molecule has 0 unspecified atom stereocenters. The molecule has 4 rings (SSSR count). The number of carboxylic acid groups (broad SMARTS) is 2. The highest BCUT2D eigenvalue weighted by atomic mass is 79.9. The number of fused-ring (bicyclic) bond motifs is 2. The van der Waals surface area contributed by atoms with Crippen LogP contribution in [0.1, 0.15) is 94.7 Å². The van der Waals surface area contributed by atoms with Gasteiger partial charge in [0.05, 0.1) is 21.8 Å². The Labute approximate surface area is 364 Å². The summed E-state index contributed by atoms with van der Waals surface area (Å²) >= 11 is 3.43. The number of aromatic nitrogens is 4. The summed E-state index contributed by atoms with van der Waals surface area (Å²) < 4.78 is 32.5. The third-order valence-corrected chi connectivity index (χ3v) is 7.91. The summed E-state index contributed by atoms with van der Waals surface area (Å²) in [6.07, 6.45) is -0.158. The molecule has 0 atom stereocenters. The lowest BCUT2D eigenvalue weighted by Crippen LogP contribution is -2.41. The normalized spacial score (nSPS) is 11.6. The van der Waals surface area contributed by atoms with Crippen molar-refractivity contribution in [2.75, 3.05) is 31.7 Å². The Hall–Kier alpha value is -5.56. The molecule has 2 aromatic heterocycles. The zero-order valence-corrected chi connectivity index (χ0v) is 38.5. The number of aryl methyl sites for hydroxylation is 2. The lowest BCUT2D eigenvalue weighted by molar-refractivity contribution is -0.142. The average molecular weight is 920 g/mol. The quantitative estimate of drug-likeness (QED) is 0.0692. The van der Waals surface area contributed by atoms with Gasteiger partial charge >= 0.3 is 24.2 Å². The van der Waals surface area contributed by atoms with Crippen LogP contribution in [-0.2, 0) is 41.4 Å². The number of hydrogen-bond donors (Lipinski definition) is 4. The van der Waals surface area contributed by atoms with E-state index in [4.69, 9.17) is 39.3 Å². The number of anilines is 1. The van der Waals surface area contributed by atoms with Crippen molar-refractivity contribution in [3.05, 3.63) is 52.5 Å². The monoisotopic (exact) mass is 918 g/mol. The summed E-state index contributed by atoms with van der Waals surface area (Å²) in [5, 5.41) is 21.9.